The van der Waals surface area contributed by atoms with Crippen molar-refractivity contribution < 1.29 is 4.74 Å². The number of para-hydroxylation sites is 1. The summed E-state index contributed by atoms with van der Waals surface area (Å²) in [5.74, 6) is 2.54. The lowest BCUT2D eigenvalue weighted by molar-refractivity contribution is 0.120. The number of likely N-dealkylation sites (tertiary alicyclic amines) is 1. The molecule has 0 saturated carbocycles. The van der Waals surface area contributed by atoms with Crippen LogP contribution in [0, 0.1) is 11.8 Å². The summed E-state index contributed by atoms with van der Waals surface area (Å²) < 4.78 is 5.99. The van der Waals surface area contributed by atoms with Crippen LogP contribution in [-0.2, 0) is 6.54 Å². The van der Waals surface area contributed by atoms with Crippen LogP contribution in [0.1, 0.15) is 25.8 Å². The molecule has 2 atom stereocenters. The largest absolute Gasteiger partial charge is 0.492 e. The molecule has 3 rings (SSSR count). The molecule has 2 aromatic carbocycles. The third-order valence-corrected chi connectivity index (χ3v) is 4.82. The summed E-state index contributed by atoms with van der Waals surface area (Å²) in [6.45, 7) is 9.59. The molecular formula is C22H31N3O. The van der Waals surface area contributed by atoms with Gasteiger partial charge in [0, 0.05) is 31.9 Å². The topological polar surface area (TPSA) is 36.5 Å². The number of ether oxygens (including phenoxy) is 1. The molecule has 140 valence electrons. The Morgan fingerprint density at radius 1 is 1.00 bits per heavy atom. The van der Waals surface area contributed by atoms with Crippen LogP contribution < -0.4 is 15.6 Å². The average Bonchev–Trinajstić information content (AvgIpc) is 2.62. The van der Waals surface area contributed by atoms with Crippen LogP contribution in [0.5, 0.6) is 5.75 Å². The Bertz CT molecular complexity index is 651. The van der Waals surface area contributed by atoms with Gasteiger partial charge in [-0.05, 0) is 48.1 Å². The van der Waals surface area contributed by atoms with E-state index in [1.807, 2.05) is 36.4 Å². The van der Waals surface area contributed by atoms with E-state index >= 15 is 0 Å². The number of nitrogens with zero attached hydrogens (tertiary/aromatic N) is 1. The fourth-order valence-corrected chi connectivity index (χ4v) is 3.78. The normalized spacial score (nSPS) is 20.7. The fourth-order valence-electron chi connectivity index (χ4n) is 3.78. The van der Waals surface area contributed by atoms with E-state index in [0.29, 0.717) is 0 Å². The van der Waals surface area contributed by atoms with Gasteiger partial charge in [-0.1, -0.05) is 44.2 Å². The average molecular weight is 354 g/mol. The van der Waals surface area contributed by atoms with E-state index in [4.69, 9.17) is 4.74 Å². The first-order chi connectivity index (χ1) is 12.7. The molecule has 0 radical (unpaired) electrons. The molecule has 1 heterocycles. The highest BCUT2D eigenvalue weighted by atomic mass is 16.5. The van der Waals surface area contributed by atoms with Crippen LogP contribution in [0.15, 0.2) is 54.6 Å². The number of hydrogen-bond acceptors (Lipinski definition) is 4. The number of benzene rings is 2. The van der Waals surface area contributed by atoms with Crippen LogP contribution in [0.25, 0.3) is 0 Å². The summed E-state index contributed by atoms with van der Waals surface area (Å²) >= 11 is 0. The van der Waals surface area contributed by atoms with Gasteiger partial charge in [0.1, 0.15) is 12.4 Å². The molecule has 2 unspecified atom stereocenters. The van der Waals surface area contributed by atoms with Crippen LogP contribution >= 0.6 is 0 Å². The predicted octanol–water partition coefficient (Wildman–Crippen LogP) is 4.16. The zero-order chi connectivity index (χ0) is 18.2. The lowest BCUT2D eigenvalue weighted by Crippen LogP contribution is -2.40. The Morgan fingerprint density at radius 3 is 2.54 bits per heavy atom. The van der Waals surface area contributed by atoms with Crippen LogP contribution in [0.3, 0.4) is 0 Å². The number of anilines is 1. The highest BCUT2D eigenvalue weighted by Gasteiger charge is 2.21. The minimum Gasteiger partial charge on any atom is -0.492 e. The van der Waals surface area contributed by atoms with Crippen LogP contribution in [0.2, 0.25) is 0 Å². The summed E-state index contributed by atoms with van der Waals surface area (Å²) in [7, 11) is 0. The van der Waals surface area contributed by atoms with Gasteiger partial charge in [-0.25, -0.2) is 5.43 Å². The summed E-state index contributed by atoms with van der Waals surface area (Å²) in [5, 5.41) is 0. The molecule has 1 aliphatic heterocycles. The van der Waals surface area contributed by atoms with Crippen molar-refractivity contribution in [1.29, 1.82) is 0 Å². The van der Waals surface area contributed by atoms with Crippen molar-refractivity contribution >= 4 is 5.69 Å². The molecule has 4 nitrogen and oxygen atoms in total. The van der Waals surface area contributed by atoms with Gasteiger partial charge in [-0.2, -0.15) is 0 Å². The van der Waals surface area contributed by atoms with E-state index < -0.39 is 0 Å². The zero-order valence-corrected chi connectivity index (χ0v) is 15.9. The van der Waals surface area contributed by atoms with Gasteiger partial charge in [0.15, 0.2) is 0 Å². The molecular weight excluding hydrogens is 322 g/mol. The fraction of sp³-hybridized carbons (Fsp3) is 0.455. The van der Waals surface area contributed by atoms with Crippen molar-refractivity contribution in [1.82, 2.24) is 10.3 Å². The molecule has 2 N–H and O–H groups in total. The number of nitrogens with one attached hydrogen (secondary N) is 2. The first kappa shape index (κ1) is 18.7. The van der Waals surface area contributed by atoms with Crippen LogP contribution in [0.4, 0.5) is 5.69 Å². The molecule has 1 fully saturated rings. The number of hydrazine groups is 1. The molecule has 0 amide bonds. The highest BCUT2D eigenvalue weighted by Crippen LogP contribution is 2.20. The first-order valence-electron chi connectivity index (χ1n) is 9.67. The summed E-state index contributed by atoms with van der Waals surface area (Å²) in [6, 6.07) is 18.4. The van der Waals surface area contributed by atoms with Crippen molar-refractivity contribution in [2.45, 2.75) is 26.8 Å². The van der Waals surface area contributed by atoms with Crippen molar-refractivity contribution in [2.75, 3.05) is 31.7 Å². The summed E-state index contributed by atoms with van der Waals surface area (Å²) in [5.41, 5.74) is 8.72. The van der Waals surface area contributed by atoms with E-state index in [9.17, 15) is 0 Å². The smallest absolute Gasteiger partial charge is 0.119 e. The van der Waals surface area contributed by atoms with Gasteiger partial charge in [0.05, 0.1) is 0 Å². The Balaban J connectivity index is 1.41. The molecule has 0 bridgehead atoms. The maximum Gasteiger partial charge on any atom is 0.119 e. The molecule has 1 aliphatic rings. The van der Waals surface area contributed by atoms with E-state index in [1.54, 1.807) is 0 Å². The molecule has 2 aromatic rings. The number of rotatable bonds is 8. The third kappa shape index (κ3) is 6.04. The van der Waals surface area contributed by atoms with Gasteiger partial charge in [-0.15, -0.1) is 0 Å². The minimum atomic E-state index is 0.743. The van der Waals surface area contributed by atoms with E-state index in [-0.39, 0.29) is 0 Å². The van der Waals surface area contributed by atoms with Gasteiger partial charge in [-0.3, -0.25) is 4.90 Å². The Kier molecular flexibility index (Phi) is 6.92. The van der Waals surface area contributed by atoms with Gasteiger partial charge in [0.25, 0.3) is 0 Å². The monoisotopic (exact) mass is 353 g/mol. The molecule has 0 aliphatic carbocycles. The third-order valence-electron chi connectivity index (χ3n) is 4.82. The molecule has 0 aromatic heterocycles. The maximum absolute atomic E-state index is 5.99. The molecule has 4 heteroatoms. The highest BCUT2D eigenvalue weighted by molar-refractivity contribution is 5.41. The second-order valence-electron chi connectivity index (χ2n) is 7.55. The Labute approximate surface area is 157 Å². The van der Waals surface area contributed by atoms with Crippen LogP contribution in [-0.4, -0.2) is 31.1 Å². The number of piperidine rings is 1. The first-order valence-corrected chi connectivity index (χ1v) is 9.67. The second-order valence-corrected chi connectivity index (χ2v) is 7.55. The van der Waals surface area contributed by atoms with E-state index in [0.717, 1.165) is 43.0 Å². The molecule has 0 spiro atoms. The van der Waals surface area contributed by atoms with Crippen molar-refractivity contribution in [3.63, 3.8) is 0 Å². The van der Waals surface area contributed by atoms with Gasteiger partial charge >= 0.3 is 0 Å². The molecule has 26 heavy (non-hydrogen) atoms. The van der Waals surface area contributed by atoms with E-state index in [2.05, 4.69) is 47.8 Å². The molecule has 1 saturated heterocycles. The zero-order valence-electron chi connectivity index (χ0n) is 15.9. The van der Waals surface area contributed by atoms with Crippen molar-refractivity contribution in [3.05, 3.63) is 60.2 Å². The quantitative estimate of drug-likeness (QED) is 0.699. The standard InChI is InChI=1S/C22H31N3O/c1-18-13-19(2)17-25(16-18)11-12-26-22-10-6-7-20(14-22)15-23-24-21-8-4-3-5-9-21/h3-10,14,18-19,23-24H,11-13,15-17H2,1-2H3. The maximum atomic E-state index is 5.99. The predicted molar refractivity (Wildman–Crippen MR) is 108 cm³/mol. The van der Waals surface area contributed by atoms with Gasteiger partial charge < -0.3 is 10.2 Å². The van der Waals surface area contributed by atoms with Crippen molar-refractivity contribution in [3.8, 4) is 5.75 Å². The lowest BCUT2D eigenvalue weighted by atomic mass is 9.92. The van der Waals surface area contributed by atoms with Gasteiger partial charge in [0.2, 0.25) is 0 Å². The minimum absolute atomic E-state index is 0.743. The Morgan fingerprint density at radius 2 is 1.77 bits per heavy atom. The van der Waals surface area contributed by atoms with Crippen molar-refractivity contribution in [2.24, 2.45) is 11.8 Å². The second kappa shape index (κ2) is 9.60. The number of hydrogen-bond donors (Lipinski definition) is 2. The Hall–Kier alpha value is -2.04. The van der Waals surface area contributed by atoms with E-state index in [1.165, 1.54) is 25.1 Å². The summed E-state index contributed by atoms with van der Waals surface area (Å²) in [4.78, 5) is 2.54. The SMILES string of the molecule is CC1CC(C)CN(CCOc2cccc(CNNc3ccccc3)c2)C1. The summed E-state index contributed by atoms with van der Waals surface area (Å²) in [6.07, 6.45) is 1.35. The lowest BCUT2D eigenvalue weighted by Gasteiger charge is -2.34.